The monoisotopic (exact) mass is 330 g/mol. The molecule has 0 heterocycles. The van der Waals surface area contributed by atoms with Crippen LogP contribution in [0.2, 0.25) is 5.02 Å². The SMILES string of the molecule is C#CCN(C)S(=O)(=O)c1cc(Cl)cc(CNC2CC2)c1F. The molecule has 0 amide bonds. The van der Waals surface area contributed by atoms with Crippen molar-refractivity contribution in [2.75, 3.05) is 13.6 Å². The van der Waals surface area contributed by atoms with E-state index in [1.807, 2.05) is 0 Å². The fourth-order valence-electron chi connectivity index (χ4n) is 1.86. The van der Waals surface area contributed by atoms with Crippen molar-refractivity contribution in [1.29, 1.82) is 0 Å². The zero-order chi connectivity index (χ0) is 15.6. The maximum atomic E-state index is 14.5. The largest absolute Gasteiger partial charge is 0.310 e. The molecule has 0 radical (unpaired) electrons. The van der Waals surface area contributed by atoms with Crippen LogP contribution < -0.4 is 5.32 Å². The number of hydrogen-bond acceptors (Lipinski definition) is 3. The second-order valence-electron chi connectivity index (χ2n) is 5.00. The van der Waals surface area contributed by atoms with Gasteiger partial charge in [0.15, 0.2) is 0 Å². The summed E-state index contributed by atoms with van der Waals surface area (Å²) in [6.07, 6.45) is 7.21. The number of sulfonamides is 1. The second-order valence-corrected chi connectivity index (χ2v) is 7.45. The summed E-state index contributed by atoms with van der Waals surface area (Å²) in [5.74, 6) is 1.44. The Morgan fingerprint density at radius 1 is 1.52 bits per heavy atom. The van der Waals surface area contributed by atoms with Crippen molar-refractivity contribution in [2.24, 2.45) is 0 Å². The second kappa shape index (κ2) is 6.32. The Morgan fingerprint density at radius 3 is 2.76 bits per heavy atom. The maximum Gasteiger partial charge on any atom is 0.246 e. The predicted octanol–water partition coefficient (Wildman–Crippen LogP) is 1.98. The van der Waals surface area contributed by atoms with Crippen LogP contribution >= 0.6 is 11.6 Å². The Labute approximate surface area is 129 Å². The highest BCUT2D eigenvalue weighted by atomic mass is 35.5. The van der Waals surface area contributed by atoms with Crippen molar-refractivity contribution in [3.05, 3.63) is 28.5 Å². The third-order valence-electron chi connectivity index (χ3n) is 3.24. The van der Waals surface area contributed by atoms with E-state index in [9.17, 15) is 12.8 Å². The van der Waals surface area contributed by atoms with Gasteiger partial charge in [-0.2, -0.15) is 4.31 Å². The molecule has 0 bridgehead atoms. The normalized spacial score (nSPS) is 15.2. The van der Waals surface area contributed by atoms with Crippen LogP contribution in [0, 0.1) is 18.2 Å². The van der Waals surface area contributed by atoms with Crippen LogP contribution in [0.25, 0.3) is 0 Å². The summed E-state index contributed by atoms with van der Waals surface area (Å²) in [5.41, 5.74) is 0.238. The van der Waals surface area contributed by atoms with E-state index in [1.54, 1.807) is 0 Å². The Bertz CT molecular complexity index is 681. The molecule has 1 saturated carbocycles. The molecule has 7 heteroatoms. The lowest BCUT2D eigenvalue weighted by Crippen LogP contribution is -2.28. The molecule has 4 nitrogen and oxygen atoms in total. The summed E-state index contributed by atoms with van der Waals surface area (Å²) in [4.78, 5) is -0.444. The molecule has 0 atom stereocenters. The van der Waals surface area contributed by atoms with Crippen molar-refractivity contribution in [3.8, 4) is 12.3 Å². The number of rotatable bonds is 6. The summed E-state index contributed by atoms with van der Waals surface area (Å²) < 4.78 is 40.0. The Morgan fingerprint density at radius 2 is 2.19 bits per heavy atom. The molecule has 1 fully saturated rings. The topological polar surface area (TPSA) is 49.4 Å². The van der Waals surface area contributed by atoms with Gasteiger partial charge in [0.05, 0.1) is 6.54 Å². The summed E-state index contributed by atoms with van der Waals surface area (Å²) in [6.45, 7) is 0.113. The summed E-state index contributed by atoms with van der Waals surface area (Å²) in [6, 6.07) is 2.93. The molecule has 1 aromatic rings. The van der Waals surface area contributed by atoms with Gasteiger partial charge in [-0.05, 0) is 25.0 Å². The van der Waals surface area contributed by atoms with Crippen LogP contribution in [0.1, 0.15) is 18.4 Å². The third kappa shape index (κ3) is 3.74. The van der Waals surface area contributed by atoms with Crippen molar-refractivity contribution in [1.82, 2.24) is 9.62 Å². The van der Waals surface area contributed by atoms with Gasteiger partial charge in [0.1, 0.15) is 10.7 Å². The molecule has 2 rings (SSSR count). The van der Waals surface area contributed by atoms with E-state index in [0.717, 1.165) is 23.2 Å². The zero-order valence-corrected chi connectivity index (χ0v) is 13.1. The average Bonchev–Trinajstić information content (AvgIpc) is 3.23. The van der Waals surface area contributed by atoms with E-state index in [2.05, 4.69) is 11.2 Å². The quantitative estimate of drug-likeness (QED) is 0.811. The zero-order valence-electron chi connectivity index (χ0n) is 11.6. The van der Waals surface area contributed by atoms with Gasteiger partial charge in [0.2, 0.25) is 10.0 Å². The van der Waals surface area contributed by atoms with Crippen molar-refractivity contribution in [3.63, 3.8) is 0 Å². The number of hydrogen-bond donors (Lipinski definition) is 1. The molecule has 0 spiro atoms. The minimum absolute atomic E-state index is 0.135. The molecule has 0 aliphatic heterocycles. The minimum atomic E-state index is -4.00. The first-order valence-electron chi connectivity index (χ1n) is 6.47. The van der Waals surface area contributed by atoms with Crippen LogP contribution in [0.3, 0.4) is 0 Å². The van der Waals surface area contributed by atoms with E-state index in [4.69, 9.17) is 18.0 Å². The molecular weight excluding hydrogens is 315 g/mol. The first-order chi connectivity index (χ1) is 9.86. The van der Waals surface area contributed by atoms with E-state index >= 15 is 0 Å². The van der Waals surface area contributed by atoms with Crippen LogP contribution in [0.15, 0.2) is 17.0 Å². The maximum absolute atomic E-state index is 14.5. The number of nitrogens with zero attached hydrogens (tertiary/aromatic N) is 1. The van der Waals surface area contributed by atoms with Gasteiger partial charge in [-0.15, -0.1) is 6.42 Å². The Hall–Kier alpha value is -1.13. The summed E-state index contributed by atoms with van der Waals surface area (Å²) in [7, 11) is -2.69. The first kappa shape index (κ1) is 16.2. The van der Waals surface area contributed by atoms with Crippen LogP contribution in [-0.4, -0.2) is 32.4 Å². The van der Waals surface area contributed by atoms with Crippen LogP contribution in [0.4, 0.5) is 4.39 Å². The van der Waals surface area contributed by atoms with E-state index < -0.39 is 20.7 Å². The highest BCUT2D eigenvalue weighted by Gasteiger charge is 2.27. The smallest absolute Gasteiger partial charge is 0.246 e. The van der Waals surface area contributed by atoms with E-state index in [0.29, 0.717) is 6.04 Å². The average molecular weight is 331 g/mol. The molecule has 1 aliphatic rings. The van der Waals surface area contributed by atoms with E-state index in [1.165, 1.54) is 13.1 Å². The third-order valence-corrected chi connectivity index (χ3v) is 5.26. The number of benzene rings is 1. The molecule has 21 heavy (non-hydrogen) atoms. The molecule has 0 unspecified atom stereocenters. The summed E-state index contributed by atoms with van der Waals surface area (Å²) in [5, 5.41) is 3.31. The van der Waals surface area contributed by atoms with Gasteiger partial charge < -0.3 is 5.32 Å². The number of halogens is 2. The Kier molecular flexibility index (Phi) is 4.89. The van der Waals surface area contributed by atoms with Crippen LogP contribution in [0.5, 0.6) is 0 Å². The highest BCUT2D eigenvalue weighted by Crippen LogP contribution is 2.27. The number of nitrogens with one attached hydrogen (secondary N) is 1. The van der Waals surface area contributed by atoms with Gasteiger partial charge in [-0.3, -0.25) is 0 Å². The van der Waals surface area contributed by atoms with Gasteiger partial charge in [0.25, 0.3) is 0 Å². The minimum Gasteiger partial charge on any atom is -0.310 e. The first-order valence-corrected chi connectivity index (χ1v) is 8.29. The van der Waals surface area contributed by atoms with Crippen molar-refractivity contribution >= 4 is 21.6 Å². The van der Waals surface area contributed by atoms with Gasteiger partial charge in [0, 0.05) is 30.2 Å². The molecule has 114 valence electrons. The predicted molar refractivity (Wildman–Crippen MR) is 79.9 cm³/mol. The highest BCUT2D eigenvalue weighted by molar-refractivity contribution is 7.89. The Balaban J connectivity index is 2.36. The molecule has 1 aromatic carbocycles. The van der Waals surface area contributed by atoms with Crippen LogP contribution in [-0.2, 0) is 16.6 Å². The lowest BCUT2D eigenvalue weighted by molar-refractivity contribution is 0.489. The number of terminal acetylenes is 1. The standard InChI is InChI=1S/C14H16ClFN2O2S/c1-3-6-18(2)21(19,20)13-8-11(15)7-10(14(13)16)9-17-12-4-5-12/h1,7-8,12,17H,4-6,9H2,2H3. The van der Waals surface area contributed by atoms with Gasteiger partial charge in [-0.1, -0.05) is 17.5 Å². The molecule has 0 aromatic heterocycles. The van der Waals surface area contributed by atoms with E-state index in [-0.39, 0.29) is 23.7 Å². The molecule has 0 saturated heterocycles. The van der Waals surface area contributed by atoms with Gasteiger partial charge >= 0.3 is 0 Å². The lowest BCUT2D eigenvalue weighted by atomic mass is 10.2. The molecular formula is C14H16ClFN2O2S. The summed E-state index contributed by atoms with van der Waals surface area (Å²) >= 11 is 5.92. The van der Waals surface area contributed by atoms with Gasteiger partial charge in [-0.25, -0.2) is 12.8 Å². The lowest BCUT2D eigenvalue weighted by Gasteiger charge is -2.16. The van der Waals surface area contributed by atoms with Crippen molar-refractivity contribution in [2.45, 2.75) is 30.3 Å². The fraction of sp³-hybridized carbons (Fsp3) is 0.429. The molecule has 1 aliphatic carbocycles. The van der Waals surface area contributed by atoms with Crippen molar-refractivity contribution < 1.29 is 12.8 Å². The fourth-order valence-corrected chi connectivity index (χ4v) is 3.38. The molecule has 1 N–H and O–H groups in total.